The Labute approximate surface area is 172 Å². The summed E-state index contributed by atoms with van der Waals surface area (Å²) in [5.74, 6) is -0.533. The summed E-state index contributed by atoms with van der Waals surface area (Å²) in [4.78, 5) is 42.8. The summed E-state index contributed by atoms with van der Waals surface area (Å²) >= 11 is 1.52. The number of hydrogen-bond acceptors (Lipinski definition) is 7. The molecule has 2 aromatic rings. The predicted octanol–water partition coefficient (Wildman–Crippen LogP) is 3.60. The maximum atomic E-state index is 12.3. The van der Waals surface area contributed by atoms with Gasteiger partial charge in [0.25, 0.3) is 5.91 Å². The van der Waals surface area contributed by atoms with Gasteiger partial charge in [-0.15, -0.1) is 11.3 Å². The maximum absolute atomic E-state index is 12.3. The van der Waals surface area contributed by atoms with Gasteiger partial charge in [0.1, 0.15) is 10.6 Å². The smallest absolute Gasteiger partial charge is 0.413 e. The van der Waals surface area contributed by atoms with Crippen LogP contribution in [0.3, 0.4) is 0 Å². The van der Waals surface area contributed by atoms with Crippen LogP contribution in [0.5, 0.6) is 0 Å². The first-order chi connectivity index (χ1) is 13.7. The van der Waals surface area contributed by atoms with Crippen molar-refractivity contribution in [3.8, 4) is 10.6 Å². The van der Waals surface area contributed by atoms with Crippen molar-refractivity contribution in [3.05, 3.63) is 40.4 Å². The van der Waals surface area contributed by atoms with Crippen LogP contribution in [0.15, 0.2) is 24.3 Å². The van der Waals surface area contributed by atoms with E-state index in [9.17, 15) is 14.4 Å². The average molecular weight is 417 g/mol. The molecule has 8 nitrogen and oxygen atoms in total. The standard InChI is InChI=1S/C20H23N3O5S/c1-20(2,3)28-19(26)23-10-9-14-15(11-23)29-17(21-14)13-7-5-12(6-8-13)16(24)22-18(25)27-4/h5-8H,9-11H2,1-4H3,(H,22,24,25). The fraction of sp³-hybridized carbons (Fsp3) is 0.400. The van der Waals surface area contributed by atoms with Crippen molar-refractivity contribution < 1.29 is 23.9 Å². The number of nitrogens with one attached hydrogen (secondary N) is 1. The lowest BCUT2D eigenvalue weighted by molar-refractivity contribution is 0.0225. The third-order valence-electron chi connectivity index (χ3n) is 4.18. The molecule has 0 spiro atoms. The number of nitrogens with zero attached hydrogens (tertiary/aromatic N) is 2. The fourth-order valence-corrected chi connectivity index (χ4v) is 3.91. The Balaban J connectivity index is 1.71. The molecule has 3 rings (SSSR count). The molecule has 1 N–H and O–H groups in total. The number of thiazole rings is 1. The van der Waals surface area contributed by atoms with Gasteiger partial charge in [0.05, 0.1) is 19.3 Å². The van der Waals surface area contributed by atoms with Crippen LogP contribution in [-0.2, 0) is 22.4 Å². The molecule has 9 heteroatoms. The molecule has 0 saturated carbocycles. The van der Waals surface area contributed by atoms with Crippen molar-refractivity contribution in [2.45, 2.75) is 39.3 Å². The van der Waals surface area contributed by atoms with Gasteiger partial charge in [-0.3, -0.25) is 10.1 Å². The number of imide groups is 1. The van der Waals surface area contributed by atoms with Crippen LogP contribution < -0.4 is 5.32 Å². The van der Waals surface area contributed by atoms with Crippen LogP contribution in [0.1, 0.15) is 41.7 Å². The second-order valence-corrected chi connectivity index (χ2v) is 8.65. The zero-order chi connectivity index (χ0) is 21.2. The van der Waals surface area contributed by atoms with Gasteiger partial charge < -0.3 is 14.4 Å². The Morgan fingerprint density at radius 3 is 2.48 bits per heavy atom. The van der Waals surface area contributed by atoms with E-state index in [0.29, 0.717) is 25.1 Å². The highest BCUT2D eigenvalue weighted by atomic mass is 32.1. The zero-order valence-electron chi connectivity index (χ0n) is 16.8. The summed E-state index contributed by atoms with van der Waals surface area (Å²) in [6.07, 6.45) is -0.453. The molecular formula is C20H23N3O5S. The number of carbonyl (C=O) groups excluding carboxylic acids is 3. The lowest BCUT2D eigenvalue weighted by Crippen LogP contribution is -2.39. The van der Waals surface area contributed by atoms with Crippen LogP contribution in [0, 0.1) is 0 Å². The Morgan fingerprint density at radius 2 is 1.86 bits per heavy atom. The summed E-state index contributed by atoms with van der Waals surface area (Å²) in [6.45, 7) is 6.58. The highest BCUT2D eigenvalue weighted by Gasteiger charge is 2.28. The molecule has 2 heterocycles. The van der Waals surface area contributed by atoms with Gasteiger partial charge in [0.2, 0.25) is 0 Å². The SMILES string of the molecule is COC(=O)NC(=O)c1ccc(-c2nc3c(s2)CN(C(=O)OC(C)(C)C)CC3)cc1. The summed E-state index contributed by atoms with van der Waals surface area (Å²) in [5.41, 5.74) is 1.66. The number of amides is 3. The molecule has 0 saturated heterocycles. The molecular weight excluding hydrogens is 394 g/mol. The van der Waals surface area contributed by atoms with E-state index in [1.807, 2.05) is 20.8 Å². The number of fused-ring (bicyclic) bond motifs is 1. The van der Waals surface area contributed by atoms with Crippen LogP contribution in [0.4, 0.5) is 9.59 Å². The van der Waals surface area contributed by atoms with Crippen molar-refractivity contribution in [3.63, 3.8) is 0 Å². The predicted molar refractivity (Wildman–Crippen MR) is 108 cm³/mol. The van der Waals surface area contributed by atoms with E-state index in [2.05, 4.69) is 10.1 Å². The number of carbonyl (C=O) groups is 3. The number of hydrogen-bond donors (Lipinski definition) is 1. The topological polar surface area (TPSA) is 97.8 Å². The molecule has 0 radical (unpaired) electrons. The zero-order valence-corrected chi connectivity index (χ0v) is 17.6. The Hall–Kier alpha value is -2.94. The summed E-state index contributed by atoms with van der Waals surface area (Å²) < 4.78 is 9.87. The molecule has 1 aromatic carbocycles. The molecule has 0 aliphatic carbocycles. The van der Waals surface area contributed by atoms with Gasteiger partial charge in [0.15, 0.2) is 0 Å². The van der Waals surface area contributed by atoms with Crippen molar-refractivity contribution in [1.29, 1.82) is 0 Å². The number of rotatable bonds is 2. The lowest BCUT2D eigenvalue weighted by atomic mass is 10.1. The minimum atomic E-state index is -0.804. The molecule has 0 bridgehead atoms. The summed E-state index contributed by atoms with van der Waals surface area (Å²) in [5, 5.41) is 2.93. The van der Waals surface area contributed by atoms with Crippen LogP contribution in [0.2, 0.25) is 0 Å². The number of benzene rings is 1. The van der Waals surface area contributed by atoms with E-state index in [-0.39, 0.29) is 6.09 Å². The van der Waals surface area contributed by atoms with Gasteiger partial charge in [-0.2, -0.15) is 0 Å². The van der Waals surface area contributed by atoms with E-state index in [1.54, 1.807) is 29.2 Å². The van der Waals surface area contributed by atoms with E-state index < -0.39 is 17.6 Å². The first-order valence-electron chi connectivity index (χ1n) is 9.12. The van der Waals surface area contributed by atoms with Gasteiger partial charge in [-0.25, -0.2) is 14.6 Å². The summed E-state index contributed by atoms with van der Waals surface area (Å²) in [7, 11) is 1.19. The first kappa shape index (κ1) is 20.8. The third kappa shape index (κ3) is 5.11. The monoisotopic (exact) mass is 417 g/mol. The van der Waals surface area contributed by atoms with E-state index in [0.717, 1.165) is 21.1 Å². The molecule has 1 aliphatic rings. The van der Waals surface area contributed by atoms with Gasteiger partial charge >= 0.3 is 12.2 Å². The normalized spacial score (nSPS) is 13.4. The quantitative estimate of drug-likeness (QED) is 0.802. The minimum absolute atomic E-state index is 0.320. The van der Waals surface area contributed by atoms with Crippen molar-refractivity contribution in [2.24, 2.45) is 0 Å². The molecule has 0 fully saturated rings. The molecule has 0 unspecified atom stereocenters. The molecule has 3 amide bonds. The highest BCUT2D eigenvalue weighted by molar-refractivity contribution is 7.15. The summed E-state index contributed by atoms with van der Waals surface area (Å²) in [6, 6.07) is 6.81. The Bertz CT molecular complexity index is 931. The van der Waals surface area contributed by atoms with Crippen molar-refractivity contribution in [1.82, 2.24) is 15.2 Å². The second-order valence-electron chi connectivity index (χ2n) is 7.56. The van der Waals surface area contributed by atoms with Crippen molar-refractivity contribution in [2.75, 3.05) is 13.7 Å². The van der Waals surface area contributed by atoms with Gasteiger partial charge in [0, 0.05) is 29.0 Å². The molecule has 1 aliphatic heterocycles. The number of alkyl carbamates (subject to hydrolysis) is 1. The van der Waals surface area contributed by atoms with E-state index in [4.69, 9.17) is 9.72 Å². The van der Waals surface area contributed by atoms with Gasteiger partial charge in [-0.05, 0) is 32.9 Å². The van der Waals surface area contributed by atoms with Crippen LogP contribution >= 0.6 is 11.3 Å². The number of aromatic nitrogens is 1. The maximum Gasteiger partial charge on any atom is 0.413 e. The second kappa shape index (κ2) is 8.20. The highest BCUT2D eigenvalue weighted by Crippen LogP contribution is 2.32. The number of methoxy groups -OCH3 is 1. The lowest BCUT2D eigenvalue weighted by Gasteiger charge is -2.29. The average Bonchev–Trinajstić information content (AvgIpc) is 3.09. The van der Waals surface area contributed by atoms with E-state index in [1.165, 1.54) is 18.4 Å². The third-order valence-corrected chi connectivity index (χ3v) is 5.31. The Kier molecular flexibility index (Phi) is 5.88. The molecule has 29 heavy (non-hydrogen) atoms. The Morgan fingerprint density at radius 1 is 1.17 bits per heavy atom. The fourth-order valence-electron chi connectivity index (χ4n) is 2.78. The first-order valence-corrected chi connectivity index (χ1v) is 9.94. The molecule has 0 atom stereocenters. The number of ether oxygens (including phenoxy) is 2. The molecule has 1 aromatic heterocycles. The minimum Gasteiger partial charge on any atom is -0.453 e. The molecule has 154 valence electrons. The van der Waals surface area contributed by atoms with Crippen molar-refractivity contribution >= 4 is 29.4 Å². The van der Waals surface area contributed by atoms with E-state index >= 15 is 0 Å². The largest absolute Gasteiger partial charge is 0.453 e. The van der Waals surface area contributed by atoms with Gasteiger partial charge in [-0.1, -0.05) is 12.1 Å². The van der Waals surface area contributed by atoms with Crippen LogP contribution in [-0.4, -0.2) is 47.2 Å². The van der Waals surface area contributed by atoms with Crippen LogP contribution in [0.25, 0.3) is 10.6 Å².